The van der Waals surface area contributed by atoms with Crippen molar-refractivity contribution in [1.82, 2.24) is 15.1 Å². The first-order chi connectivity index (χ1) is 12.1. The Morgan fingerprint density at radius 3 is 2.72 bits per heavy atom. The van der Waals surface area contributed by atoms with Crippen molar-refractivity contribution in [2.45, 2.75) is 20.5 Å². The summed E-state index contributed by atoms with van der Waals surface area (Å²) >= 11 is 0. The van der Waals surface area contributed by atoms with Crippen molar-refractivity contribution in [2.75, 3.05) is 0 Å². The standard InChI is InChI=1S/C20H19N3O2/c1-5-7-15(6-2)18-10-16(25-23-18)11-24-20-17-8-13(3)14(4)9-19(17)21-12-22-20/h5-10,12H,1-2,11H2,3-4H3/b15-7+. The van der Waals surface area contributed by atoms with E-state index in [0.717, 1.165) is 16.5 Å². The van der Waals surface area contributed by atoms with Crippen molar-refractivity contribution in [3.63, 3.8) is 0 Å². The van der Waals surface area contributed by atoms with Gasteiger partial charge in [-0.1, -0.05) is 36.5 Å². The van der Waals surface area contributed by atoms with Crippen LogP contribution in [-0.4, -0.2) is 15.1 Å². The van der Waals surface area contributed by atoms with Gasteiger partial charge >= 0.3 is 0 Å². The number of benzene rings is 1. The molecule has 3 rings (SSSR count). The van der Waals surface area contributed by atoms with Gasteiger partial charge in [0.1, 0.15) is 12.0 Å². The van der Waals surface area contributed by atoms with Gasteiger partial charge < -0.3 is 9.26 Å². The van der Waals surface area contributed by atoms with Crippen molar-refractivity contribution < 1.29 is 9.26 Å². The average Bonchev–Trinajstić information content (AvgIpc) is 3.07. The third kappa shape index (κ3) is 3.50. The topological polar surface area (TPSA) is 61.0 Å². The zero-order valence-electron chi connectivity index (χ0n) is 14.3. The summed E-state index contributed by atoms with van der Waals surface area (Å²) in [5.74, 6) is 1.12. The van der Waals surface area contributed by atoms with Gasteiger partial charge in [0.15, 0.2) is 12.4 Å². The molecule has 0 saturated carbocycles. The maximum Gasteiger partial charge on any atom is 0.224 e. The van der Waals surface area contributed by atoms with Crippen LogP contribution in [0, 0.1) is 13.8 Å². The van der Waals surface area contributed by atoms with E-state index in [0.29, 0.717) is 17.3 Å². The number of ether oxygens (including phenoxy) is 1. The molecule has 126 valence electrons. The van der Waals surface area contributed by atoms with Crippen LogP contribution in [0.25, 0.3) is 16.5 Å². The van der Waals surface area contributed by atoms with Crippen molar-refractivity contribution in [2.24, 2.45) is 0 Å². The van der Waals surface area contributed by atoms with Crippen LogP contribution in [0.3, 0.4) is 0 Å². The molecule has 1 aromatic carbocycles. The highest BCUT2D eigenvalue weighted by atomic mass is 16.5. The number of allylic oxidation sites excluding steroid dienone is 4. The molecule has 0 saturated heterocycles. The second kappa shape index (κ2) is 7.13. The van der Waals surface area contributed by atoms with E-state index in [4.69, 9.17) is 9.26 Å². The Morgan fingerprint density at radius 1 is 1.16 bits per heavy atom. The lowest BCUT2D eigenvalue weighted by molar-refractivity contribution is 0.244. The molecule has 25 heavy (non-hydrogen) atoms. The average molecular weight is 333 g/mol. The Kier molecular flexibility index (Phi) is 4.75. The molecule has 0 atom stereocenters. The lowest BCUT2D eigenvalue weighted by Crippen LogP contribution is -1.98. The molecule has 0 amide bonds. The van der Waals surface area contributed by atoms with E-state index in [9.17, 15) is 0 Å². The summed E-state index contributed by atoms with van der Waals surface area (Å²) in [5, 5.41) is 4.91. The molecule has 0 aliphatic rings. The first-order valence-corrected chi connectivity index (χ1v) is 7.88. The Balaban J connectivity index is 1.83. The zero-order valence-corrected chi connectivity index (χ0v) is 14.3. The van der Waals surface area contributed by atoms with Gasteiger partial charge in [0.05, 0.1) is 10.9 Å². The van der Waals surface area contributed by atoms with Gasteiger partial charge in [0.25, 0.3) is 0 Å². The van der Waals surface area contributed by atoms with E-state index in [1.807, 2.05) is 24.3 Å². The van der Waals surface area contributed by atoms with E-state index in [1.165, 1.54) is 17.5 Å². The second-order valence-electron chi connectivity index (χ2n) is 5.66. The van der Waals surface area contributed by atoms with E-state index in [1.54, 1.807) is 12.2 Å². The molecule has 3 aromatic rings. The van der Waals surface area contributed by atoms with Gasteiger partial charge in [0, 0.05) is 11.6 Å². The van der Waals surface area contributed by atoms with E-state index in [-0.39, 0.29) is 6.61 Å². The smallest absolute Gasteiger partial charge is 0.224 e. The van der Waals surface area contributed by atoms with Gasteiger partial charge in [0.2, 0.25) is 5.88 Å². The van der Waals surface area contributed by atoms with Crippen LogP contribution < -0.4 is 4.74 Å². The number of fused-ring (bicyclic) bond motifs is 1. The molecule has 0 bridgehead atoms. The summed E-state index contributed by atoms with van der Waals surface area (Å²) in [5.41, 5.74) is 4.73. The van der Waals surface area contributed by atoms with E-state index in [2.05, 4.69) is 42.1 Å². The first kappa shape index (κ1) is 16.6. The molecule has 2 heterocycles. The minimum absolute atomic E-state index is 0.227. The Labute approximate surface area is 146 Å². The number of nitrogens with zero attached hydrogens (tertiary/aromatic N) is 3. The van der Waals surface area contributed by atoms with Crippen LogP contribution in [0.4, 0.5) is 0 Å². The minimum atomic E-state index is 0.227. The van der Waals surface area contributed by atoms with Gasteiger partial charge in [-0.2, -0.15) is 0 Å². The normalized spacial score (nSPS) is 11.5. The third-order valence-corrected chi connectivity index (χ3v) is 3.94. The number of aromatic nitrogens is 3. The number of hydrogen-bond acceptors (Lipinski definition) is 5. The summed E-state index contributed by atoms with van der Waals surface area (Å²) in [6.45, 7) is 11.8. The summed E-state index contributed by atoms with van der Waals surface area (Å²) in [6, 6.07) is 5.88. The van der Waals surface area contributed by atoms with Gasteiger partial charge in [-0.25, -0.2) is 9.97 Å². The fourth-order valence-corrected chi connectivity index (χ4v) is 2.45. The van der Waals surface area contributed by atoms with E-state index >= 15 is 0 Å². The molecule has 0 aliphatic carbocycles. The molecule has 2 aromatic heterocycles. The molecule has 0 radical (unpaired) electrons. The SMILES string of the molecule is C=C/C=C(\C=C)c1cc(COc2ncnc3cc(C)c(C)cc23)on1. The van der Waals surface area contributed by atoms with Gasteiger partial charge in [-0.15, -0.1) is 0 Å². The molecule has 0 aliphatic heterocycles. The summed E-state index contributed by atoms with van der Waals surface area (Å²) in [6.07, 6.45) is 6.70. The number of aryl methyl sites for hydroxylation is 2. The molecule has 0 N–H and O–H groups in total. The number of hydrogen-bond donors (Lipinski definition) is 0. The maximum atomic E-state index is 5.84. The minimum Gasteiger partial charge on any atom is -0.469 e. The molecule has 5 heteroatoms. The van der Waals surface area contributed by atoms with Crippen LogP contribution in [0.5, 0.6) is 5.88 Å². The Bertz CT molecular complexity index is 970. The van der Waals surface area contributed by atoms with Crippen molar-refractivity contribution >= 4 is 16.5 Å². The summed E-state index contributed by atoms with van der Waals surface area (Å²) in [7, 11) is 0. The largest absolute Gasteiger partial charge is 0.469 e. The first-order valence-electron chi connectivity index (χ1n) is 7.88. The van der Waals surface area contributed by atoms with Crippen LogP contribution >= 0.6 is 0 Å². The molecule has 0 fully saturated rings. The van der Waals surface area contributed by atoms with Crippen molar-refractivity contribution in [3.8, 4) is 5.88 Å². The van der Waals surface area contributed by atoms with Crippen molar-refractivity contribution in [1.29, 1.82) is 0 Å². The van der Waals surface area contributed by atoms with Crippen molar-refractivity contribution in [3.05, 3.63) is 78.5 Å². The fraction of sp³-hybridized carbons (Fsp3) is 0.150. The number of rotatable bonds is 6. The fourth-order valence-electron chi connectivity index (χ4n) is 2.45. The highest BCUT2D eigenvalue weighted by Crippen LogP contribution is 2.25. The highest BCUT2D eigenvalue weighted by molar-refractivity contribution is 5.84. The Morgan fingerprint density at radius 2 is 1.96 bits per heavy atom. The second-order valence-corrected chi connectivity index (χ2v) is 5.66. The maximum absolute atomic E-state index is 5.84. The molecular weight excluding hydrogens is 314 g/mol. The van der Waals surface area contributed by atoms with Crippen LogP contribution in [0.15, 0.2) is 60.4 Å². The van der Waals surface area contributed by atoms with Crippen LogP contribution in [-0.2, 0) is 6.61 Å². The van der Waals surface area contributed by atoms with Gasteiger partial charge in [-0.3, -0.25) is 0 Å². The van der Waals surface area contributed by atoms with E-state index < -0.39 is 0 Å². The predicted octanol–water partition coefficient (Wildman–Crippen LogP) is 4.57. The summed E-state index contributed by atoms with van der Waals surface area (Å²) in [4.78, 5) is 8.55. The predicted molar refractivity (Wildman–Crippen MR) is 98.2 cm³/mol. The lowest BCUT2D eigenvalue weighted by Gasteiger charge is -2.08. The third-order valence-electron chi connectivity index (χ3n) is 3.94. The quantitative estimate of drug-likeness (QED) is 0.618. The lowest BCUT2D eigenvalue weighted by atomic mass is 10.1. The van der Waals surface area contributed by atoms with Gasteiger partial charge in [-0.05, 0) is 37.1 Å². The molecule has 0 unspecified atom stereocenters. The highest BCUT2D eigenvalue weighted by Gasteiger charge is 2.10. The monoisotopic (exact) mass is 333 g/mol. The Hall–Kier alpha value is -3.21. The molecule has 5 nitrogen and oxygen atoms in total. The van der Waals surface area contributed by atoms with Crippen LogP contribution in [0.1, 0.15) is 22.6 Å². The molecular formula is C20H19N3O2. The molecule has 0 spiro atoms. The zero-order chi connectivity index (χ0) is 17.8. The summed E-state index contributed by atoms with van der Waals surface area (Å²) < 4.78 is 11.2. The van der Waals surface area contributed by atoms with Crippen LogP contribution in [0.2, 0.25) is 0 Å².